The highest BCUT2D eigenvalue weighted by molar-refractivity contribution is 9.09. The molecule has 0 aromatic heterocycles. The van der Waals surface area contributed by atoms with E-state index in [4.69, 9.17) is 0 Å². The Balaban J connectivity index is 2.24. The largest absolute Gasteiger partial charge is 0.377 e. The summed E-state index contributed by atoms with van der Waals surface area (Å²) >= 11 is 3.07. The van der Waals surface area contributed by atoms with Crippen molar-refractivity contribution < 1.29 is 10.0 Å². The summed E-state index contributed by atoms with van der Waals surface area (Å²) in [6.07, 6.45) is 0.496. The summed E-state index contributed by atoms with van der Waals surface area (Å²) in [4.78, 5) is 10.6. The highest BCUT2D eigenvalue weighted by atomic mass is 79.9. The van der Waals surface area contributed by atoms with E-state index in [1.807, 2.05) is 12.1 Å². The first kappa shape index (κ1) is 13.7. The minimum atomic E-state index is -0.687. The van der Waals surface area contributed by atoms with Gasteiger partial charge in [-0.15, -0.1) is 0 Å². The van der Waals surface area contributed by atoms with Gasteiger partial charge in [-0.2, -0.15) is 0 Å². The van der Waals surface area contributed by atoms with E-state index in [1.165, 1.54) is 6.07 Å². The Morgan fingerprint density at radius 2 is 1.79 bits per heavy atom. The van der Waals surface area contributed by atoms with Gasteiger partial charge in [0.1, 0.15) is 5.01 Å². The molecule has 0 bridgehead atoms. The van der Waals surface area contributed by atoms with Gasteiger partial charge in [0, 0.05) is 18.1 Å². The molecule has 0 fully saturated rings. The lowest BCUT2D eigenvalue weighted by Crippen LogP contribution is -1.96. The first-order chi connectivity index (χ1) is 9.08. The molecule has 0 radical (unpaired) electrons. The fraction of sp³-hybridized carbons (Fsp3) is 0.143. The highest BCUT2D eigenvalue weighted by Gasteiger charge is 2.12. The summed E-state index contributed by atoms with van der Waals surface area (Å²) in [6.45, 7) is 0. The second-order valence-electron chi connectivity index (χ2n) is 4.14. The van der Waals surface area contributed by atoms with Crippen LogP contribution in [0.25, 0.3) is 0 Å². The third-order valence-electron chi connectivity index (χ3n) is 2.84. The van der Waals surface area contributed by atoms with Crippen LogP contribution >= 0.6 is 15.9 Å². The first-order valence-electron chi connectivity index (χ1n) is 5.71. The minimum Gasteiger partial charge on any atom is -0.377 e. The van der Waals surface area contributed by atoms with Gasteiger partial charge >= 0.3 is 0 Å². The summed E-state index contributed by atoms with van der Waals surface area (Å²) in [6, 6.07) is 14.0. The van der Waals surface area contributed by atoms with Crippen molar-refractivity contribution in [3.63, 3.8) is 0 Å². The highest BCUT2D eigenvalue weighted by Crippen LogP contribution is 2.23. The Hall–Kier alpha value is -1.72. The van der Waals surface area contributed by atoms with Crippen LogP contribution in [0.1, 0.15) is 21.7 Å². The molecule has 2 aromatic rings. The normalized spacial score (nSPS) is 12.1. The standard InChI is InChI=1S/C14H12BrNO3/c15-14(17)11-7-5-10(6-8-11)9-12-3-1-2-4-13(12)16(18)19/h1-8,14,17H,9H2. The van der Waals surface area contributed by atoms with Crippen LogP contribution in [-0.2, 0) is 6.42 Å². The predicted octanol–water partition coefficient (Wildman–Crippen LogP) is 3.57. The average molecular weight is 322 g/mol. The van der Waals surface area contributed by atoms with Crippen LogP contribution in [0.15, 0.2) is 48.5 Å². The number of nitrogens with zero attached hydrogens (tertiary/aromatic N) is 1. The first-order valence-corrected chi connectivity index (χ1v) is 6.63. The zero-order chi connectivity index (χ0) is 13.8. The molecule has 5 heteroatoms. The number of benzene rings is 2. The van der Waals surface area contributed by atoms with Gasteiger partial charge in [0.05, 0.1) is 4.92 Å². The molecule has 0 heterocycles. The summed E-state index contributed by atoms with van der Waals surface area (Å²) < 4.78 is 0. The molecule has 0 aliphatic rings. The number of aliphatic hydroxyl groups is 1. The van der Waals surface area contributed by atoms with Crippen molar-refractivity contribution in [1.82, 2.24) is 0 Å². The van der Waals surface area contributed by atoms with Crippen molar-refractivity contribution in [3.05, 3.63) is 75.3 Å². The second-order valence-corrected chi connectivity index (χ2v) is 5.01. The topological polar surface area (TPSA) is 63.4 Å². The van der Waals surface area contributed by atoms with Gasteiger partial charge in [0.15, 0.2) is 0 Å². The van der Waals surface area contributed by atoms with Crippen LogP contribution in [0.2, 0.25) is 0 Å². The SMILES string of the molecule is O=[N+]([O-])c1ccccc1Cc1ccc(C(O)Br)cc1. The lowest BCUT2D eigenvalue weighted by Gasteiger charge is -2.06. The smallest absolute Gasteiger partial charge is 0.272 e. The molecule has 0 aliphatic carbocycles. The number of nitro groups is 1. The Kier molecular flexibility index (Phi) is 4.29. The Bertz CT molecular complexity index is 581. The fourth-order valence-electron chi connectivity index (χ4n) is 1.85. The van der Waals surface area contributed by atoms with E-state index in [9.17, 15) is 15.2 Å². The van der Waals surface area contributed by atoms with E-state index in [1.54, 1.807) is 30.3 Å². The van der Waals surface area contributed by atoms with Gasteiger partial charge in [-0.25, -0.2) is 0 Å². The molecule has 19 heavy (non-hydrogen) atoms. The van der Waals surface area contributed by atoms with Crippen molar-refractivity contribution in [2.24, 2.45) is 0 Å². The third kappa shape index (κ3) is 3.39. The van der Waals surface area contributed by atoms with Gasteiger partial charge in [-0.3, -0.25) is 10.1 Å². The second kappa shape index (κ2) is 5.95. The Morgan fingerprint density at radius 1 is 1.16 bits per heavy atom. The predicted molar refractivity (Wildman–Crippen MR) is 76.2 cm³/mol. The number of nitro benzene ring substituents is 1. The molecule has 1 atom stereocenters. The monoisotopic (exact) mass is 321 g/mol. The van der Waals surface area contributed by atoms with E-state index < -0.39 is 5.01 Å². The molecule has 98 valence electrons. The number of alkyl halides is 1. The molecule has 0 saturated heterocycles. The molecule has 2 aromatic carbocycles. The van der Waals surface area contributed by atoms with Gasteiger partial charge in [-0.1, -0.05) is 58.4 Å². The minimum absolute atomic E-state index is 0.132. The number of para-hydroxylation sites is 1. The van der Waals surface area contributed by atoms with E-state index in [2.05, 4.69) is 15.9 Å². The van der Waals surface area contributed by atoms with Crippen LogP contribution in [-0.4, -0.2) is 10.0 Å². The molecule has 1 N–H and O–H groups in total. The number of rotatable bonds is 4. The van der Waals surface area contributed by atoms with Gasteiger partial charge in [0.25, 0.3) is 5.69 Å². The van der Waals surface area contributed by atoms with E-state index in [0.29, 0.717) is 12.0 Å². The van der Waals surface area contributed by atoms with E-state index >= 15 is 0 Å². The van der Waals surface area contributed by atoms with Crippen LogP contribution in [0, 0.1) is 10.1 Å². The molecule has 1 unspecified atom stereocenters. The van der Waals surface area contributed by atoms with Crippen molar-refractivity contribution in [2.45, 2.75) is 11.4 Å². The quantitative estimate of drug-likeness (QED) is 0.532. The van der Waals surface area contributed by atoms with Crippen molar-refractivity contribution in [3.8, 4) is 0 Å². The molecular weight excluding hydrogens is 310 g/mol. The summed E-state index contributed by atoms with van der Waals surface area (Å²) in [5.41, 5.74) is 2.53. The van der Waals surface area contributed by atoms with Crippen LogP contribution < -0.4 is 0 Å². The van der Waals surface area contributed by atoms with Crippen LogP contribution in [0.4, 0.5) is 5.69 Å². The average Bonchev–Trinajstić information content (AvgIpc) is 2.39. The summed E-state index contributed by atoms with van der Waals surface area (Å²) in [5, 5.41) is 19.6. The Morgan fingerprint density at radius 3 is 2.37 bits per heavy atom. The van der Waals surface area contributed by atoms with Gasteiger partial charge in [0.2, 0.25) is 0 Å². The van der Waals surface area contributed by atoms with Crippen molar-refractivity contribution >= 4 is 21.6 Å². The molecule has 4 nitrogen and oxygen atoms in total. The van der Waals surface area contributed by atoms with Gasteiger partial charge in [-0.05, 0) is 11.1 Å². The van der Waals surface area contributed by atoms with Crippen LogP contribution in [0.5, 0.6) is 0 Å². The molecule has 0 saturated carbocycles. The third-order valence-corrected chi connectivity index (χ3v) is 3.37. The van der Waals surface area contributed by atoms with Crippen molar-refractivity contribution in [2.75, 3.05) is 0 Å². The van der Waals surface area contributed by atoms with Crippen molar-refractivity contribution in [1.29, 1.82) is 0 Å². The molecule has 0 amide bonds. The molecule has 2 rings (SSSR count). The maximum atomic E-state index is 10.9. The Labute approximate surface area is 119 Å². The maximum Gasteiger partial charge on any atom is 0.272 e. The number of aliphatic hydroxyl groups excluding tert-OH is 1. The van der Waals surface area contributed by atoms with E-state index in [0.717, 1.165) is 11.1 Å². The summed E-state index contributed by atoms with van der Waals surface area (Å²) in [5.74, 6) is 0. The zero-order valence-corrected chi connectivity index (χ0v) is 11.6. The number of hydrogen-bond donors (Lipinski definition) is 1. The number of halogens is 1. The zero-order valence-electron chi connectivity index (χ0n) is 9.99. The lowest BCUT2D eigenvalue weighted by atomic mass is 10.0. The van der Waals surface area contributed by atoms with Crippen LogP contribution in [0.3, 0.4) is 0 Å². The van der Waals surface area contributed by atoms with E-state index in [-0.39, 0.29) is 10.6 Å². The molecule has 0 aliphatic heterocycles. The summed E-state index contributed by atoms with van der Waals surface area (Å²) in [7, 11) is 0. The number of hydrogen-bond acceptors (Lipinski definition) is 3. The maximum absolute atomic E-state index is 10.9. The van der Waals surface area contributed by atoms with Gasteiger partial charge < -0.3 is 5.11 Å². The molecule has 0 spiro atoms. The lowest BCUT2D eigenvalue weighted by molar-refractivity contribution is -0.385. The molecular formula is C14H12BrNO3. The fourth-order valence-corrected chi connectivity index (χ4v) is 2.16.